The van der Waals surface area contributed by atoms with Crippen LogP contribution in [0, 0.1) is 0 Å². The van der Waals surface area contributed by atoms with Crippen LogP contribution in [0.15, 0.2) is 30.6 Å². The van der Waals surface area contributed by atoms with Crippen LogP contribution >= 0.6 is 0 Å². The lowest BCUT2D eigenvalue weighted by atomic mass is 10.3. The predicted octanol–water partition coefficient (Wildman–Crippen LogP) is 0.0821. The summed E-state index contributed by atoms with van der Waals surface area (Å²) in [6.45, 7) is 0.189. The molecule has 1 aromatic carbocycles. The topological polar surface area (TPSA) is 106 Å². The van der Waals surface area contributed by atoms with Gasteiger partial charge in [-0.15, -0.1) is 0 Å². The number of ether oxygens (including phenoxy) is 1. The number of nitrogens with one attached hydrogen (secondary N) is 2. The number of benzene rings is 1. The Bertz CT molecular complexity index is 512. The molecule has 0 aliphatic carbocycles. The molecule has 1 aromatic heterocycles. The van der Waals surface area contributed by atoms with Gasteiger partial charge in [0.25, 0.3) is 5.91 Å². The minimum atomic E-state index is -0.255. The monoisotopic (exact) mass is 247 g/mol. The van der Waals surface area contributed by atoms with Crippen molar-refractivity contribution in [3.8, 4) is 5.75 Å². The summed E-state index contributed by atoms with van der Waals surface area (Å²) in [6, 6.07) is 7.01. The van der Waals surface area contributed by atoms with E-state index in [4.69, 9.17) is 10.5 Å². The zero-order valence-corrected chi connectivity index (χ0v) is 9.59. The van der Waals surface area contributed by atoms with Gasteiger partial charge in [0.05, 0.1) is 12.2 Å². The number of H-pyrrole nitrogens is 1. The standard InChI is InChI=1S/C11H13N5O2/c12-8-3-1-2-4-9(8)18-6-11(17)13-5-10-14-7-15-16-10/h1-4,7H,5-6,12H2,(H,13,17)(H,14,15,16). The van der Waals surface area contributed by atoms with Crippen LogP contribution in [0.25, 0.3) is 0 Å². The summed E-state index contributed by atoms with van der Waals surface area (Å²) in [6.07, 6.45) is 1.38. The van der Waals surface area contributed by atoms with Crippen LogP contribution in [-0.2, 0) is 11.3 Å². The summed E-state index contributed by atoms with van der Waals surface area (Å²) in [5, 5.41) is 8.95. The van der Waals surface area contributed by atoms with Crippen molar-refractivity contribution in [2.45, 2.75) is 6.54 Å². The van der Waals surface area contributed by atoms with Crippen molar-refractivity contribution in [3.05, 3.63) is 36.4 Å². The van der Waals surface area contributed by atoms with E-state index >= 15 is 0 Å². The number of para-hydroxylation sites is 2. The molecule has 0 aliphatic heterocycles. The van der Waals surface area contributed by atoms with Gasteiger partial charge in [0, 0.05) is 0 Å². The fourth-order valence-electron chi connectivity index (χ4n) is 1.30. The van der Waals surface area contributed by atoms with Crippen molar-refractivity contribution in [2.75, 3.05) is 12.3 Å². The van der Waals surface area contributed by atoms with Crippen molar-refractivity contribution in [1.82, 2.24) is 20.5 Å². The number of amides is 1. The molecule has 0 atom stereocenters. The maximum absolute atomic E-state index is 11.5. The molecule has 0 saturated heterocycles. The van der Waals surface area contributed by atoms with Gasteiger partial charge in [-0.25, -0.2) is 4.98 Å². The van der Waals surface area contributed by atoms with Gasteiger partial charge in [-0.3, -0.25) is 9.89 Å². The molecule has 2 rings (SSSR count). The number of hydrogen-bond acceptors (Lipinski definition) is 5. The van der Waals surface area contributed by atoms with E-state index < -0.39 is 0 Å². The van der Waals surface area contributed by atoms with Crippen LogP contribution in [0.4, 0.5) is 5.69 Å². The molecule has 0 bridgehead atoms. The first-order valence-corrected chi connectivity index (χ1v) is 5.34. The normalized spacial score (nSPS) is 10.0. The summed E-state index contributed by atoms with van der Waals surface area (Å²) in [5.74, 6) is 0.824. The summed E-state index contributed by atoms with van der Waals surface area (Å²) >= 11 is 0. The van der Waals surface area contributed by atoms with Gasteiger partial charge in [-0.1, -0.05) is 12.1 Å². The Morgan fingerprint density at radius 2 is 2.28 bits per heavy atom. The Balaban J connectivity index is 1.77. The molecular weight excluding hydrogens is 234 g/mol. The number of nitrogen functional groups attached to an aromatic ring is 1. The Kier molecular flexibility index (Phi) is 3.75. The minimum Gasteiger partial charge on any atom is -0.482 e. The molecule has 0 saturated carbocycles. The zero-order chi connectivity index (χ0) is 12.8. The molecular formula is C11H13N5O2. The molecule has 1 amide bonds. The van der Waals surface area contributed by atoms with E-state index in [-0.39, 0.29) is 19.1 Å². The second-order valence-corrected chi connectivity index (χ2v) is 3.54. The molecule has 18 heavy (non-hydrogen) atoms. The van der Waals surface area contributed by atoms with Crippen LogP contribution in [0.2, 0.25) is 0 Å². The second kappa shape index (κ2) is 5.67. The Labute approximate surface area is 103 Å². The molecule has 2 aromatic rings. The van der Waals surface area contributed by atoms with Crippen LogP contribution in [0.3, 0.4) is 0 Å². The van der Waals surface area contributed by atoms with E-state index in [0.29, 0.717) is 17.3 Å². The number of anilines is 1. The fraction of sp³-hybridized carbons (Fsp3) is 0.182. The first-order chi connectivity index (χ1) is 8.75. The first-order valence-electron chi connectivity index (χ1n) is 5.34. The summed E-state index contributed by atoms with van der Waals surface area (Å²) in [7, 11) is 0. The Morgan fingerprint density at radius 1 is 1.44 bits per heavy atom. The van der Waals surface area contributed by atoms with E-state index in [9.17, 15) is 4.79 Å². The molecule has 4 N–H and O–H groups in total. The van der Waals surface area contributed by atoms with E-state index in [1.807, 2.05) is 0 Å². The number of nitrogens with two attached hydrogens (primary N) is 1. The smallest absolute Gasteiger partial charge is 0.258 e. The molecule has 0 spiro atoms. The maximum atomic E-state index is 11.5. The maximum Gasteiger partial charge on any atom is 0.258 e. The van der Waals surface area contributed by atoms with Gasteiger partial charge in [-0.05, 0) is 12.1 Å². The molecule has 7 nitrogen and oxygen atoms in total. The van der Waals surface area contributed by atoms with E-state index in [1.54, 1.807) is 24.3 Å². The van der Waals surface area contributed by atoms with E-state index in [0.717, 1.165) is 0 Å². The lowest BCUT2D eigenvalue weighted by molar-refractivity contribution is -0.123. The lowest BCUT2D eigenvalue weighted by Gasteiger charge is -2.08. The number of hydrogen-bond donors (Lipinski definition) is 3. The number of aromatic amines is 1. The molecule has 0 fully saturated rings. The van der Waals surface area contributed by atoms with Crippen molar-refractivity contribution < 1.29 is 9.53 Å². The van der Waals surface area contributed by atoms with Gasteiger partial charge in [0.15, 0.2) is 6.61 Å². The van der Waals surface area contributed by atoms with Crippen molar-refractivity contribution in [3.63, 3.8) is 0 Å². The number of carbonyl (C=O) groups is 1. The molecule has 1 heterocycles. The van der Waals surface area contributed by atoms with Crippen molar-refractivity contribution >= 4 is 11.6 Å². The summed E-state index contributed by atoms with van der Waals surface area (Å²) in [5.41, 5.74) is 6.18. The highest BCUT2D eigenvalue weighted by Crippen LogP contribution is 2.19. The fourth-order valence-corrected chi connectivity index (χ4v) is 1.30. The average Bonchev–Trinajstić information content (AvgIpc) is 2.88. The molecule has 7 heteroatoms. The summed E-state index contributed by atoms with van der Waals surface area (Å²) in [4.78, 5) is 15.4. The van der Waals surface area contributed by atoms with Gasteiger partial charge in [0.1, 0.15) is 17.9 Å². The van der Waals surface area contributed by atoms with Crippen LogP contribution < -0.4 is 15.8 Å². The molecule has 0 unspecified atom stereocenters. The van der Waals surface area contributed by atoms with Crippen molar-refractivity contribution in [2.24, 2.45) is 0 Å². The number of carbonyl (C=O) groups excluding carboxylic acids is 1. The van der Waals surface area contributed by atoms with Crippen LogP contribution in [-0.4, -0.2) is 27.7 Å². The highest BCUT2D eigenvalue weighted by Gasteiger charge is 2.05. The third-order valence-corrected chi connectivity index (χ3v) is 2.20. The Hall–Kier alpha value is -2.57. The van der Waals surface area contributed by atoms with Gasteiger partial charge in [0.2, 0.25) is 0 Å². The third-order valence-electron chi connectivity index (χ3n) is 2.20. The van der Waals surface area contributed by atoms with Crippen LogP contribution in [0.5, 0.6) is 5.75 Å². The zero-order valence-electron chi connectivity index (χ0n) is 9.59. The van der Waals surface area contributed by atoms with E-state index in [1.165, 1.54) is 6.33 Å². The van der Waals surface area contributed by atoms with Gasteiger partial charge >= 0.3 is 0 Å². The molecule has 0 radical (unpaired) electrons. The molecule has 94 valence electrons. The highest BCUT2D eigenvalue weighted by atomic mass is 16.5. The quantitative estimate of drug-likeness (QED) is 0.649. The van der Waals surface area contributed by atoms with Crippen LogP contribution in [0.1, 0.15) is 5.82 Å². The van der Waals surface area contributed by atoms with E-state index in [2.05, 4.69) is 20.5 Å². The number of aromatic nitrogens is 3. The Morgan fingerprint density at radius 3 is 3.00 bits per heavy atom. The minimum absolute atomic E-state index is 0.0949. The first kappa shape index (κ1) is 11.9. The largest absolute Gasteiger partial charge is 0.482 e. The SMILES string of the molecule is Nc1ccccc1OCC(=O)NCc1ncn[nH]1. The number of rotatable bonds is 5. The average molecular weight is 247 g/mol. The predicted molar refractivity (Wildman–Crippen MR) is 64.6 cm³/mol. The number of nitrogens with zero attached hydrogens (tertiary/aromatic N) is 2. The van der Waals surface area contributed by atoms with Crippen molar-refractivity contribution in [1.29, 1.82) is 0 Å². The molecule has 0 aliphatic rings. The summed E-state index contributed by atoms with van der Waals surface area (Å²) < 4.78 is 5.29. The highest BCUT2D eigenvalue weighted by molar-refractivity contribution is 5.77. The van der Waals surface area contributed by atoms with Gasteiger partial charge in [-0.2, -0.15) is 5.10 Å². The lowest BCUT2D eigenvalue weighted by Crippen LogP contribution is -2.28. The van der Waals surface area contributed by atoms with Gasteiger partial charge < -0.3 is 15.8 Å². The third kappa shape index (κ3) is 3.21. The second-order valence-electron chi connectivity index (χ2n) is 3.54.